The fourth-order valence-electron chi connectivity index (χ4n) is 3.26. The van der Waals surface area contributed by atoms with E-state index in [0.29, 0.717) is 0 Å². The number of aliphatic imine (C=N–C) groups is 1. The number of likely N-dealkylation sites (tertiary alicyclic amines) is 1. The second kappa shape index (κ2) is 8.88. The van der Waals surface area contributed by atoms with Gasteiger partial charge in [-0.25, -0.2) is 0 Å². The zero-order chi connectivity index (χ0) is 15.9. The van der Waals surface area contributed by atoms with Crippen molar-refractivity contribution in [1.82, 2.24) is 15.5 Å². The van der Waals surface area contributed by atoms with Crippen LogP contribution in [0.15, 0.2) is 4.99 Å². The maximum Gasteiger partial charge on any atom is 0.191 e. The van der Waals surface area contributed by atoms with E-state index in [9.17, 15) is 0 Å². The van der Waals surface area contributed by atoms with E-state index < -0.39 is 0 Å². The van der Waals surface area contributed by atoms with Crippen molar-refractivity contribution in [2.24, 2.45) is 16.8 Å². The van der Waals surface area contributed by atoms with Gasteiger partial charge in [0.25, 0.3) is 0 Å². The standard InChI is InChI=1S/C18H34N4O/c1-2-19-18(20-9-3-11-23-14-15-4-5-15)21-12-16-8-10-22(13-16)17-6-7-17/h15-17H,2-14H2,1H3,(H2,19,20,21). The Morgan fingerprint density at radius 2 is 2.00 bits per heavy atom. The second-order valence-electron chi connectivity index (χ2n) is 7.40. The summed E-state index contributed by atoms with van der Waals surface area (Å²) in [4.78, 5) is 7.46. The van der Waals surface area contributed by atoms with Gasteiger partial charge >= 0.3 is 0 Å². The van der Waals surface area contributed by atoms with E-state index in [4.69, 9.17) is 9.73 Å². The Bertz CT molecular complexity index is 379. The first-order chi connectivity index (χ1) is 11.3. The van der Waals surface area contributed by atoms with Crippen molar-refractivity contribution in [1.29, 1.82) is 0 Å². The molecular formula is C18H34N4O. The third kappa shape index (κ3) is 6.30. The molecule has 3 aliphatic rings. The fourth-order valence-corrected chi connectivity index (χ4v) is 3.26. The van der Waals surface area contributed by atoms with Crippen molar-refractivity contribution < 1.29 is 4.74 Å². The molecule has 1 unspecified atom stereocenters. The molecule has 0 aromatic rings. The summed E-state index contributed by atoms with van der Waals surface area (Å²) in [5.41, 5.74) is 0. The molecule has 5 heteroatoms. The van der Waals surface area contributed by atoms with Crippen LogP contribution in [-0.2, 0) is 4.74 Å². The van der Waals surface area contributed by atoms with Gasteiger partial charge in [0.05, 0.1) is 0 Å². The van der Waals surface area contributed by atoms with Gasteiger partial charge in [0, 0.05) is 45.4 Å². The minimum Gasteiger partial charge on any atom is -0.381 e. The van der Waals surface area contributed by atoms with Gasteiger partial charge in [-0.2, -0.15) is 0 Å². The maximum absolute atomic E-state index is 5.67. The van der Waals surface area contributed by atoms with E-state index in [-0.39, 0.29) is 0 Å². The third-order valence-corrected chi connectivity index (χ3v) is 5.04. The summed E-state index contributed by atoms with van der Waals surface area (Å²) in [6, 6.07) is 0.908. The molecule has 2 aliphatic carbocycles. The minimum absolute atomic E-state index is 0.743. The van der Waals surface area contributed by atoms with E-state index >= 15 is 0 Å². The van der Waals surface area contributed by atoms with E-state index in [1.54, 1.807) is 0 Å². The van der Waals surface area contributed by atoms with Gasteiger partial charge in [-0.15, -0.1) is 0 Å². The molecule has 1 aliphatic heterocycles. The molecule has 3 fully saturated rings. The van der Waals surface area contributed by atoms with Gasteiger partial charge in [0.15, 0.2) is 5.96 Å². The number of rotatable bonds is 10. The van der Waals surface area contributed by atoms with Crippen LogP contribution in [0.2, 0.25) is 0 Å². The lowest BCUT2D eigenvalue weighted by Crippen LogP contribution is -2.38. The van der Waals surface area contributed by atoms with Crippen LogP contribution < -0.4 is 10.6 Å². The Morgan fingerprint density at radius 3 is 2.74 bits per heavy atom. The fraction of sp³-hybridized carbons (Fsp3) is 0.944. The summed E-state index contributed by atoms with van der Waals surface area (Å²) in [7, 11) is 0. The largest absolute Gasteiger partial charge is 0.381 e. The number of hydrogen-bond donors (Lipinski definition) is 2. The summed E-state index contributed by atoms with van der Waals surface area (Å²) in [6.45, 7) is 9.31. The molecule has 5 nitrogen and oxygen atoms in total. The molecule has 132 valence electrons. The van der Waals surface area contributed by atoms with E-state index in [1.807, 2.05) is 0 Å². The Labute approximate surface area is 141 Å². The summed E-state index contributed by atoms with van der Waals surface area (Å²) in [5, 5.41) is 6.80. The SMILES string of the molecule is CCNC(=NCC1CCN(C2CC2)C1)NCCCOCC1CC1. The number of nitrogens with zero attached hydrogens (tertiary/aromatic N) is 2. The van der Waals surface area contributed by atoms with Crippen molar-refractivity contribution in [3.63, 3.8) is 0 Å². The van der Waals surface area contributed by atoms with E-state index in [1.165, 1.54) is 45.2 Å². The maximum atomic E-state index is 5.67. The molecule has 23 heavy (non-hydrogen) atoms. The lowest BCUT2D eigenvalue weighted by molar-refractivity contribution is 0.123. The topological polar surface area (TPSA) is 48.9 Å². The number of hydrogen-bond acceptors (Lipinski definition) is 3. The highest BCUT2D eigenvalue weighted by atomic mass is 16.5. The lowest BCUT2D eigenvalue weighted by Gasteiger charge is -2.15. The molecule has 3 rings (SSSR count). The van der Waals surface area contributed by atoms with Gasteiger partial charge in [0.2, 0.25) is 0 Å². The van der Waals surface area contributed by atoms with Crippen LogP contribution in [0.25, 0.3) is 0 Å². The quantitative estimate of drug-likeness (QED) is 0.366. The molecule has 0 amide bonds. The predicted octanol–water partition coefficient (Wildman–Crippen LogP) is 1.84. The molecule has 1 heterocycles. The molecule has 0 aromatic heterocycles. The summed E-state index contributed by atoms with van der Waals surface area (Å²) in [5.74, 6) is 2.58. The van der Waals surface area contributed by atoms with Crippen molar-refractivity contribution in [3.05, 3.63) is 0 Å². The molecule has 1 saturated heterocycles. The average Bonchev–Trinajstić information content (AvgIpc) is 3.48. The van der Waals surface area contributed by atoms with Crippen LogP contribution in [0, 0.1) is 11.8 Å². The van der Waals surface area contributed by atoms with E-state index in [2.05, 4.69) is 22.5 Å². The molecule has 1 atom stereocenters. The summed E-state index contributed by atoms with van der Waals surface area (Å²) >= 11 is 0. The number of guanidine groups is 1. The van der Waals surface area contributed by atoms with Gasteiger partial charge in [0.1, 0.15) is 0 Å². The highest BCUT2D eigenvalue weighted by molar-refractivity contribution is 5.79. The van der Waals surface area contributed by atoms with Crippen LogP contribution in [0.5, 0.6) is 0 Å². The zero-order valence-corrected chi connectivity index (χ0v) is 14.7. The van der Waals surface area contributed by atoms with Gasteiger partial charge in [-0.1, -0.05) is 0 Å². The highest BCUT2D eigenvalue weighted by Crippen LogP contribution is 2.31. The van der Waals surface area contributed by atoms with Crippen molar-refractivity contribution in [3.8, 4) is 0 Å². The minimum atomic E-state index is 0.743. The van der Waals surface area contributed by atoms with Crippen molar-refractivity contribution in [2.45, 2.75) is 51.5 Å². The monoisotopic (exact) mass is 322 g/mol. The normalized spacial score (nSPS) is 25.8. The third-order valence-electron chi connectivity index (χ3n) is 5.04. The molecule has 0 radical (unpaired) electrons. The Balaban J connectivity index is 1.28. The first kappa shape index (κ1) is 17.0. The van der Waals surface area contributed by atoms with E-state index in [0.717, 1.165) is 63.1 Å². The lowest BCUT2D eigenvalue weighted by atomic mass is 10.1. The van der Waals surface area contributed by atoms with Gasteiger partial charge < -0.3 is 20.3 Å². The molecular weight excluding hydrogens is 288 g/mol. The highest BCUT2D eigenvalue weighted by Gasteiger charge is 2.34. The molecule has 0 aromatic carbocycles. The Kier molecular flexibility index (Phi) is 6.57. The first-order valence-corrected chi connectivity index (χ1v) is 9.69. The van der Waals surface area contributed by atoms with Crippen molar-refractivity contribution in [2.75, 3.05) is 45.9 Å². The summed E-state index contributed by atoms with van der Waals surface area (Å²) < 4.78 is 5.67. The average molecular weight is 322 g/mol. The molecule has 2 saturated carbocycles. The first-order valence-electron chi connectivity index (χ1n) is 9.69. The summed E-state index contributed by atoms with van der Waals surface area (Å²) in [6.07, 6.45) is 7.94. The number of nitrogens with one attached hydrogen (secondary N) is 2. The van der Waals surface area contributed by atoms with Gasteiger partial charge in [-0.3, -0.25) is 4.99 Å². The number of ether oxygens (including phenoxy) is 1. The van der Waals surface area contributed by atoms with Crippen LogP contribution in [0.1, 0.15) is 45.4 Å². The molecule has 0 bridgehead atoms. The Hall–Kier alpha value is -0.810. The smallest absolute Gasteiger partial charge is 0.191 e. The van der Waals surface area contributed by atoms with Crippen LogP contribution in [0.3, 0.4) is 0 Å². The van der Waals surface area contributed by atoms with Crippen LogP contribution >= 0.6 is 0 Å². The molecule has 2 N–H and O–H groups in total. The predicted molar refractivity (Wildman–Crippen MR) is 94.8 cm³/mol. The van der Waals surface area contributed by atoms with Gasteiger partial charge in [-0.05, 0) is 63.8 Å². The second-order valence-corrected chi connectivity index (χ2v) is 7.40. The van der Waals surface area contributed by atoms with Crippen LogP contribution in [0.4, 0.5) is 0 Å². The van der Waals surface area contributed by atoms with Crippen LogP contribution in [-0.4, -0.2) is 62.8 Å². The Morgan fingerprint density at radius 1 is 1.13 bits per heavy atom. The van der Waals surface area contributed by atoms with Crippen molar-refractivity contribution >= 4 is 5.96 Å². The zero-order valence-electron chi connectivity index (χ0n) is 14.7. The molecule has 0 spiro atoms.